The Morgan fingerprint density at radius 2 is 1.74 bits per heavy atom. The number of amides is 1. The number of carbonyl (C=O) groups is 1. The highest BCUT2D eigenvalue weighted by atomic mass is 19.4. The van der Waals surface area contributed by atoms with Gasteiger partial charge in [0.05, 0.1) is 23.1 Å². The topological polar surface area (TPSA) is 83.0 Å². The molecule has 7 nitrogen and oxygen atoms in total. The lowest BCUT2D eigenvalue weighted by molar-refractivity contribution is -0.137. The molecule has 1 saturated heterocycles. The van der Waals surface area contributed by atoms with Gasteiger partial charge in [-0.2, -0.15) is 13.2 Å². The molecule has 1 aliphatic heterocycles. The van der Waals surface area contributed by atoms with Crippen molar-refractivity contribution in [3.63, 3.8) is 0 Å². The molecule has 2 N–H and O–H groups in total. The highest BCUT2D eigenvalue weighted by molar-refractivity contribution is 6.06. The van der Waals surface area contributed by atoms with Gasteiger partial charge in [-0.25, -0.2) is 18.7 Å². The van der Waals surface area contributed by atoms with E-state index < -0.39 is 23.6 Å². The van der Waals surface area contributed by atoms with Crippen molar-refractivity contribution >= 4 is 28.9 Å². The van der Waals surface area contributed by atoms with E-state index in [0.717, 1.165) is 12.1 Å². The van der Waals surface area contributed by atoms with Crippen molar-refractivity contribution in [1.29, 1.82) is 0 Å². The fraction of sp³-hybridized carbons (Fsp3) is 0.304. The van der Waals surface area contributed by atoms with Crippen molar-refractivity contribution in [3.05, 3.63) is 65.7 Å². The molecule has 0 spiro atoms. The van der Waals surface area contributed by atoms with Gasteiger partial charge in [0.2, 0.25) is 0 Å². The molecule has 35 heavy (non-hydrogen) atoms. The normalized spacial score (nSPS) is 15.5. The van der Waals surface area contributed by atoms with Gasteiger partial charge in [-0.3, -0.25) is 9.78 Å². The number of nitrogens with one attached hydrogen (secondary N) is 2. The average molecular weight is 492 g/mol. The third-order valence-corrected chi connectivity index (χ3v) is 5.47. The maximum absolute atomic E-state index is 13.6. The number of pyridine rings is 3. The summed E-state index contributed by atoms with van der Waals surface area (Å²) in [7, 11) is 0. The Morgan fingerprint density at radius 1 is 1.00 bits per heavy atom. The predicted molar refractivity (Wildman–Crippen MR) is 120 cm³/mol. The first-order valence-electron chi connectivity index (χ1n) is 10.7. The second kappa shape index (κ2) is 9.43. The van der Waals surface area contributed by atoms with E-state index in [1.165, 1.54) is 24.5 Å². The van der Waals surface area contributed by atoms with Crippen molar-refractivity contribution in [2.75, 3.05) is 28.6 Å². The summed E-state index contributed by atoms with van der Waals surface area (Å²) in [4.78, 5) is 26.7. The fourth-order valence-electron chi connectivity index (χ4n) is 3.58. The highest BCUT2D eigenvalue weighted by Gasteiger charge is 2.35. The van der Waals surface area contributed by atoms with Crippen molar-refractivity contribution in [3.8, 4) is 0 Å². The van der Waals surface area contributed by atoms with E-state index >= 15 is 0 Å². The molecule has 184 valence electrons. The van der Waals surface area contributed by atoms with Crippen LogP contribution in [0.3, 0.4) is 0 Å². The number of anilines is 4. The number of nitrogens with zero attached hydrogens (tertiary/aromatic N) is 4. The van der Waals surface area contributed by atoms with E-state index in [-0.39, 0.29) is 43.1 Å². The molecule has 1 fully saturated rings. The Morgan fingerprint density at radius 3 is 2.40 bits per heavy atom. The first kappa shape index (κ1) is 24.3. The van der Waals surface area contributed by atoms with Gasteiger partial charge in [0.15, 0.2) is 0 Å². The maximum atomic E-state index is 13.6. The number of hydrogen-bond donors (Lipinski definition) is 2. The smallest absolute Gasteiger partial charge is 0.369 e. The molecule has 3 aromatic heterocycles. The largest absolute Gasteiger partial charge is 0.417 e. The number of aryl methyl sites for hydroxylation is 1. The standard InChI is InChI=1S/C23H21F5N6O/c1-14-10-18(34-8-5-22(24,25)6-9-34)17(13-30-14)32-21(35)15-4-7-29-20(11-15)33-19-3-2-16(12-31-19)23(26,27)28/h2-4,7,10-13H,5-6,8-9H2,1H3,(H,32,35)(H,29,31,33). The first-order chi connectivity index (χ1) is 16.5. The van der Waals surface area contributed by atoms with Crippen LogP contribution in [0.2, 0.25) is 0 Å². The lowest BCUT2D eigenvalue weighted by Gasteiger charge is -2.34. The van der Waals surface area contributed by atoms with Crippen LogP contribution < -0.4 is 15.5 Å². The molecule has 0 radical (unpaired) electrons. The third-order valence-electron chi connectivity index (χ3n) is 5.47. The molecular formula is C23H21F5N6O. The fourth-order valence-corrected chi connectivity index (χ4v) is 3.58. The molecule has 0 aromatic carbocycles. The van der Waals surface area contributed by atoms with Crippen LogP contribution in [0, 0.1) is 6.92 Å². The Labute approximate surface area is 197 Å². The minimum absolute atomic E-state index is 0.120. The van der Waals surface area contributed by atoms with E-state index in [2.05, 4.69) is 25.6 Å². The Kier molecular flexibility index (Phi) is 6.55. The number of halogens is 5. The zero-order chi connectivity index (χ0) is 25.2. The summed E-state index contributed by atoms with van der Waals surface area (Å²) < 4.78 is 65.3. The monoisotopic (exact) mass is 492 g/mol. The summed E-state index contributed by atoms with van der Waals surface area (Å²) in [5.41, 5.74) is 0.981. The molecule has 0 saturated carbocycles. The van der Waals surface area contributed by atoms with Gasteiger partial charge in [0.1, 0.15) is 11.6 Å². The van der Waals surface area contributed by atoms with Crippen LogP contribution in [0.15, 0.2) is 48.9 Å². The van der Waals surface area contributed by atoms with Crippen molar-refractivity contribution in [2.24, 2.45) is 0 Å². The molecule has 1 amide bonds. The predicted octanol–water partition coefficient (Wildman–Crippen LogP) is 5.43. The van der Waals surface area contributed by atoms with Crippen molar-refractivity contribution in [2.45, 2.75) is 31.9 Å². The van der Waals surface area contributed by atoms with Gasteiger partial charge in [-0.05, 0) is 37.3 Å². The first-order valence-corrected chi connectivity index (χ1v) is 10.7. The van der Waals surface area contributed by atoms with Gasteiger partial charge in [0, 0.05) is 49.6 Å². The maximum Gasteiger partial charge on any atom is 0.417 e. The lowest BCUT2D eigenvalue weighted by atomic mass is 10.1. The zero-order valence-electron chi connectivity index (χ0n) is 18.5. The molecule has 0 aliphatic carbocycles. The van der Waals surface area contributed by atoms with E-state index in [9.17, 15) is 26.7 Å². The van der Waals surface area contributed by atoms with E-state index in [4.69, 9.17) is 0 Å². The van der Waals surface area contributed by atoms with E-state index in [1.54, 1.807) is 17.9 Å². The summed E-state index contributed by atoms with van der Waals surface area (Å²) in [6, 6.07) is 6.65. The van der Waals surface area contributed by atoms with Crippen LogP contribution in [0.1, 0.15) is 34.5 Å². The van der Waals surface area contributed by atoms with Crippen LogP contribution in [0.5, 0.6) is 0 Å². The second-order valence-electron chi connectivity index (χ2n) is 8.12. The number of hydrogen-bond acceptors (Lipinski definition) is 6. The Hall–Kier alpha value is -3.83. The average Bonchev–Trinajstić information content (AvgIpc) is 2.80. The number of piperidine rings is 1. The van der Waals surface area contributed by atoms with E-state index in [0.29, 0.717) is 23.3 Å². The van der Waals surface area contributed by atoms with Crippen LogP contribution in [0.4, 0.5) is 45.0 Å². The summed E-state index contributed by atoms with van der Waals surface area (Å²) in [6.45, 7) is 2.05. The molecule has 3 aromatic rings. The molecule has 0 bridgehead atoms. The van der Waals surface area contributed by atoms with Gasteiger partial charge in [-0.1, -0.05) is 0 Å². The van der Waals surface area contributed by atoms with Crippen LogP contribution >= 0.6 is 0 Å². The summed E-state index contributed by atoms with van der Waals surface area (Å²) in [6.07, 6.45) is -1.52. The number of rotatable bonds is 5. The van der Waals surface area contributed by atoms with Crippen LogP contribution in [-0.2, 0) is 6.18 Å². The number of alkyl halides is 5. The number of carbonyl (C=O) groups excluding carboxylic acids is 1. The zero-order valence-corrected chi connectivity index (χ0v) is 18.5. The van der Waals surface area contributed by atoms with Crippen LogP contribution in [-0.4, -0.2) is 39.9 Å². The molecule has 4 heterocycles. The second-order valence-corrected chi connectivity index (χ2v) is 8.12. The quantitative estimate of drug-likeness (QED) is 0.462. The molecule has 12 heteroatoms. The minimum Gasteiger partial charge on any atom is -0.369 e. The van der Waals surface area contributed by atoms with E-state index in [1.807, 2.05) is 0 Å². The third kappa shape index (κ3) is 6.00. The molecule has 0 atom stereocenters. The molecular weight excluding hydrogens is 471 g/mol. The SMILES string of the molecule is Cc1cc(N2CCC(F)(F)CC2)c(NC(=O)c2ccnc(Nc3ccc(C(F)(F)F)cn3)c2)cn1. The van der Waals surface area contributed by atoms with Gasteiger partial charge >= 0.3 is 6.18 Å². The highest BCUT2D eigenvalue weighted by Crippen LogP contribution is 2.34. The Balaban J connectivity index is 1.49. The van der Waals surface area contributed by atoms with Gasteiger partial charge in [0.25, 0.3) is 11.8 Å². The summed E-state index contributed by atoms with van der Waals surface area (Å²) >= 11 is 0. The molecule has 0 unspecified atom stereocenters. The minimum atomic E-state index is -4.50. The van der Waals surface area contributed by atoms with Gasteiger partial charge < -0.3 is 15.5 Å². The van der Waals surface area contributed by atoms with Crippen molar-refractivity contribution in [1.82, 2.24) is 15.0 Å². The summed E-state index contributed by atoms with van der Waals surface area (Å²) in [5, 5.41) is 5.52. The van der Waals surface area contributed by atoms with Crippen LogP contribution in [0.25, 0.3) is 0 Å². The Bertz CT molecular complexity index is 1210. The van der Waals surface area contributed by atoms with Gasteiger partial charge in [-0.15, -0.1) is 0 Å². The summed E-state index contributed by atoms with van der Waals surface area (Å²) in [5.74, 6) is -2.88. The number of aromatic nitrogens is 3. The lowest BCUT2D eigenvalue weighted by Crippen LogP contribution is -2.39. The van der Waals surface area contributed by atoms with Crippen molar-refractivity contribution < 1.29 is 26.7 Å². The molecule has 1 aliphatic rings. The molecule has 4 rings (SSSR count).